The van der Waals surface area contributed by atoms with Gasteiger partial charge in [-0.05, 0) is 42.8 Å². The Morgan fingerprint density at radius 2 is 1.91 bits per heavy atom. The zero-order valence-electron chi connectivity index (χ0n) is 11.6. The van der Waals surface area contributed by atoms with Crippen LogP contribution in [0.2, 0.25) is 0 Å². The van der Waals surface area contributed by atoms with E-state index in [9.17, 15) is 9.59 Å². The summed E-state index contributed by atoms with van der Waals surface area (Å²) >= 11 is 3.34. The Labute approximate surface area is 134 Å². The van der Waals surface area contributed by atoms with Gasteiger partial charge in [-0.3, -0.25) is 0 Å². The molecule has 0 N–H and O–H groups in total. The van der Waals surface area contributed by atoms with Gasteiger partial charge in [0.1, 0.15) is 16.9 Å². The summed E-state index contributed by atoms with van der Waals surface area (Å²) in [7, 11) is 0. The van der Waals surface area contributed by atoms with Crippen LogP contribution in [0.5, 0.6) is 5.75 Å². The molecule has 110 valence electrons. The summed E-state index contributed by atoms with van der Waals surface area (Å²) in [4.78, 5) is 24.2. The van der Waals surface area contributed by atoms with E-state index in [0.29, 0.717) is 16.7 Å². The number of hydrogen-bond acceptors (Lipinski definition) is 4. The lowest BCUT2D eigenvalue weighted by atomic mass is 10.2. The minimum atomic E-state index is -0.732. The van der Waals surface area contributed by atoms with E-state index in [1.54, 1.807) is 30.3 Å². The second kappa shape index (κ2) is 5.77. The average molecular weight is 359 g/mol. The third-order valence-corrected chi connectivity index (χ3v) is 3.70. The van der Waals surface area contributed by atoms with E-state index in [1.807, 2.05) is 19.1 Å². The van der Waals surface area contributed by atoms with Crippen molar-refractivity contribution < 1.29 is 13.9 Å². The van der Waals surface area contributed by atoms with Gasteiger partial charge >= 0.3 is 11.6 Å². The Bertz CT molecular complexity index is 927. The normalized spacial score (nSPS) is 10.6. The topological polar surface area (TPSA) is 56.5 Å². The summed E-state index contributed by atoms with van der Waals surface area (Å²) in [6.07, 6.45) is 0. The molecule has 1 aromatic heterocycles. The summed E-state index contributed by atoms with van der Waals surface area (Å²) in [5.74, 6) is -0.314. The van der Waals surface area contributed by atoms with Crippen LogP contribution in [0, 0.1) is 6.92 Å². The molecule has 0 saturated carbocycles. The highest BCUT2D eigenvalue weighted by Crippen LogP contribution is 2.21. The maximum Gasteiger partial charge on any atom is 0.351 e. The number of aryl methyl sites for hydroxylation is 1. The molecule has 0 saturated heterocycles. The molecule has 0 unspecified atom stereocenters. The molecule has 4 nitrogen and oxygen atoms in total. The van der Waals surface area contributed by atoms with Gasteiger partial charge in [0.25, 0.3) is 0 Å². The van der Waals surface area contributed by atoms with Crippen molar-refractivity contribution in [1.29, 1.82) is 0 Å². The van der Waals surface area contributed by atoms with Crippen molar-refractivity contribution >= 4 is 32.9 Å². The van der Waals surface area contributed by atoms with E-state index >= 15 is 0 Å². The highest BCUT2D eigenvalue weighted by atomic mass is 79.9. The Kier molecular flexibility index (Phi) is 3.81. The van der Waals surface area contributed by atoms with E-state index in [2.05, 4.69) is 15.9 Å². The first-order valence-electron chi connectivity index (χ1n) is 6.56. The fourth-order valence-electron chi connectivity index (χ4n) is 2.06. The van der Waals surface area contributed by atoms with Crippen LogP contribution >= 0.6 is 15.9 Å². The van der Waals surface area contributed by atoms with Crippen molar-refractivity contribution in [2.45, 2.75) is 6.92 Å². The molecule has 0 radical (unpaired) electrons. The lowest BCUT2D eigenvalue weighted by Crippen LogP contribution is -2.19. The SMILES string of the molecule is Cc1ccccc1OC(=O)c1cc2cc(Br)ccc2oc1=O. The molecule has 0 aliphatic carbocycles. The Morgan fingerprint density at radius 1 is 1.14 bits per heavy atom. The number of carbonyl (C=O) groups excluding carboxylic acids is 1. The first kappa shape index (κ1) is 14.5. The first-order valence-corrected chi connectivity index (χ1v) is 7.35. The lowest BCUT2D eigenvalue weighted by molar-refractivity contribution is 0.0729. The molecule has 0 spiro atoms. The van der Waals surface area contributed by atoms with Crippen LogP contribution in [0.3, 0.4) is 0 Å². The number of carbonyl (C=O) groups is 1. The molecule has 0 amide bonds. The van der Waals surface area contributed by atoms with E-state index in [-0.39, 0.29) is 5.56 Å². The zero-order chi connectivity index (χ0) is 15.7. The average Bonchev–Trinajstić information content (AvgIpc) is 2.49. The van der Waals surface area contributed by atoms with Crippen LogP contribution in [0.25, 0.3) is 11.0 Å². The van der Waals surface area contributed by atoms with Crippen LogP contribution < -0.4 is 10.4 Å². The molecule has 0 aliphatic rings. The van der Waals surface area contributed by atoms with Crippen LogP contribution in [0.15, 0.2) is 62.2 Å². The van der Waals surface area contributed by atoms with Crippen molar-refractivity contribution in [1.82, 2.24) is 0 Å². The van der Waals surface area contributed by atoms with E-state index < -0.39 is 11.6 Å². The largest absolute Gasteiger partial charge is 0.422 e. The number of fused-ring (bicyclic) bond motifs is 1. The molecule has 3 rings (SSSR count). The standard InChI is InChI=1S/C17H11BrO4/c1-10-4-2-3-5-14(10)21-16(19)13-9-11-8-12(18)6-7-15(11)22-17(13)20/h2-9H,1H3. The summed E-state index contributed by atoms with van der Waals surface area (Å²) in [6.45, 7) is 1.82. The molecule has 0 atom stereocenters. The fraction of sp³-hybridized carbons (Fsp3) is 0.0588. The van der Waals surface area contributed by atoms with Gasteiger partial charge in [0.05, 0.1) is 0 Å². The van der Waals surface area contributed by atoms with Crippen molar-refractivity contribution in [2.75, 3.05) is 0 Å². The summed E-state index contributed by atoms with van der Waals surface area (Å²) in [5.41, 5.74) is 0.381. The molecule has 5 heteroatoms. The van der Waals surface area contributed by atoms with E-state index in [0.717, 1.165) is 10.0 Å². The van der Waals surface area contributed by atoms with Gasteiger partial charge in [0.15, 0.2) is 0 Å². The molecule has 0 aliphatic heterocycles. The maximum absolute atomic E-state index is 12.2. The number of ether oxygens (including phenoxy) is 1. The second-order valence-corrected chi connectivity index (χ2v) is 5.70. The van der Waals surface area contributed by atoms with E-state index in [4.69, 9.17) is 9.15 Å². The number of para-hydroxylation sites is 1. The zero-order valence-corrected chi connectivity index (χ0v) is 13.2. The molecule has 3 aromatic rings. The quantitative estimate of drug-likeness (QED) is 0.393. The summed E-state index contributed by atoms with van der Waals surface area (Å²) in [6, 6.07) is 13.8. The van der Waals surface area contributed by atoms with Crippen LogP contribution in [-0.4, -0.2) is 5.97 Å². The van der Waals surface area contributed by atoms with Gasteiger partial charge in [0.2, 0.25) is 0 Å². The molecule has 2 aromatic carbocycles. The number of benzene rings is 2. The van der Waals surface area contributed by atoms with Crippen molar-refractivity contribution in [2.24, 2.45) is 0 Å². The Hall–Kier alpha value is -2.40. The molecule has 22 heavy (non-hydrogen) atoms. The highest BCUT2D eigenvalue weighted by molar-refractivity contribution is 9.10. The number of hydrogen-bond donors (Lipinski definition) is 0. The Balaban J connectivity index is 2.02. The number of halogens is 1. The third kappa shape index (κ3) is 2.80. The minimum Gasteiger partial charge on any atom is -0.422 e. The van der Waals surface area contributed by atoms with Crippen LogP contribution in [-0.2, 0) is 0 Å². The van der Waals surface area contributed by atoms with Gasteiger partial charge in [-0.25, -0.2) is 9.59 Å². The van der Waals surface area contributed by atoms with Crippen molar-refractivity contribution in [3.05, 3.63) is 74.6 Å². The Morgan fingerprint density at radius 3 is 2.68 bits per heavy atom. The maximum atomic E-state index is 12.2. The lowest BCUT2D eigenvalue weighted by Gasteiger charge is -2.06. The predicted molar refractivity (Wildman–Crippen MR) is 86.3 cm³/mol. The van der Waals surface area contributed by atoms with Gasteiger partial charge in [-0.2, -0.15) is 0 Å². The minimum absolute atomic E-state index is 0.131. The van der Waals surface area contributed by atoms with Crippen LogP contribution in [0.4, 0.5) is 0 Å². The molecule has 0 fully saturated rings. The molecule has 1 heterocycles. The highest BCUT2D eigenvalue weighted by Gasteiger charge is 2.17. The molecule has 0 bridgehead atoms. The predicted octanol–water partition coefficient (Wildman–Crippen LogP) is 4.08. The van der Waals surface area contributed by atoms with Gasteiger partial charge in [0, 0.05) is 9.86 Å². The number of rotatable bonds is 2. The van der Waals surface area contributed by atoms with Crippen molar-refractivity contribution in [3.8, 4) is 5.75 Å². The number of esters is 1. The van der Waals surface area contributed by atoms with E-state index in [1.165, 1.54) is 6.07 Å². The van der Waals surface area contributed by atoms with Crippen molar-refractivity contribution in [3.63, 3.8) is 0 Å². The molecular formula is C17H11BrO4. The second-order valence-electron chi connectivity index (χ2n) is 4.78. The first-order chi connectivity index (χ1) is 10.5. The molecular weight excluding hydrogens is 348 g/mol. The van der Waals surface area contributed by atoms with Crippen LogP contribution in [0.1, 0.15) is 15.9 Å². The van der Waals surface area contributed by atoms with Gasteiger partial charge in [-0.15, -0.1) is 0 Å². The third-order valence-electron chi connectivity index (χ3n) is 3.21. The smallest absolute Gasteiger partial charge is 0.351 e. The van der Waals surface area contributed by atoms with Gasteiger partial charge < -0.3 is 9.15 Å². The summed E-state index contributed by atoms with van der Waals surface area (Å²) in [5, 5.41) is 0.644. The fourth-order valence-corrected chi connectivity index (χ4v) is 2.44. The van der Waals surface area contributed by atoms with Gasteiger partial charge in [-0.1, -0.05) is 34.1 Å². The summed E-state index contributed by atoms with van der Waals surface area (Å²) < 4.78 is 11.3. The monoisotopic (exact) mass is 358 g/mol.